The second-order valence-corrected chi connectivity index (χ2v) is 17.3. The molecule has 7 rings (SSSR count). The maximum Gasteiger partial charge on any atom is 0.142 e. The van der Waals surface area contributed by atoms with Crippen LogP contribution in [-0.2, 0) is 38.4 Å². The van der Waals surface area contributed by atoms with Crippen LogP contribution in [0, 0.1) is 40.9 Å². The number of carbonyl (C=O) groups is 4. The molecule has 0 aromatic heterocycles. The average Bonchev–Trinajstić information content (AvgIpc) is 3.18. The zero-order valence-corrected chi connectivity index (χ0v) is 31.3. The largest absolute Gasteiger partial charge is 0.299 e. The van der Waals surface area contributed by atoms with Gasteiger partial charge in [-0.15, -0.1) is 0 Å². The third kappa shape index (κ3) is 8.42. The van der Waals surface area contributed by atoms with Crippen LogP contribution in [0.15, 0.2) is 78.9 Å². The van der Waals surface area contributed by atoms with E-state index in [1.54, 1.807) is 0 Å². The summed E-state index contributed by atoms with van der Waals surface area (Å²) in [6.45, 7) is 1.94. The smallest absolute Gasteiger partial charge is 0.142 e. The number of hydrogen-bond acceptors (Lipinski definition) is 4. The molecule has 2 atom stereocenters. The van der Waals surface area contributed by atoms with E-state index in [2.05, 4.69) is 36.4 Å². The minimum atomic E-state index is -1.00. The average molecular weight is 699 g/mol. The van der Waals surface area contributed by atoms with Crippen molar-refractivity contribution >= 4 is 23.1 Å². The molecular weight excluding hydrogens is 641 g/mol. The molecular formula is C48H58O4. The maximum absolute atomic E-state index is 14.7. The number of rotatable bonds is 12. The highest BCUT2D eigenvalue weighted by Gasteiger charge is 2.44. The molecule has 2 unspecified atom stereocenters. The molecule has 0 spiro atoms. The van der Waals surface area contributed by atoms with Gasteiger partial charge in [0.25, 0.3) is 0 Å². The predicted molar refractivity (Wildman–Crippen MR) is 208 cm³/mol. The quantitative estimate of drug-likeness (QED) is 0.189. The molecule has 0 aliphatic heterocycles. The van der Waals surface area contributed by atoms with E-state index in [-0.39, 0.29) is 54.4 Å². The summed E-state index contributed by atoms with van der Waals surface area (Å²) in [6.07, 6.45) is 15.8. The molecule has 0 bridgehead atoms. The Hall–Kier alpha value is -3.66. The van der Waals surface area contributed by atoms with E-state index in [1.165, 1.54) is 37.7 Å². The summed E-state index contributed by atoms with van der Waals surface area (Å²) in [5.74, 6) is 2.35. The summed E-state index contributed by atoms with van der Waals surface area (Å²) in [4.78, 5) is 56.1. The van der Waals surface area contributed by atoms with Crippen molar-refractivity contribution in [2.24, 2.45) is 40.9 Å². The standard InChI is InChI=1S/C48H58O4/c1-48(47(52)38-26-20-34(21-27-38)33-12-4-2-5-13-33,31-42(49)28-41-18-10-11-19-43(41)35-14-6-3-7-15-35)32-46(51)37-24-22-36(23-25-37)44-29-39-16-8-9-17-40(39)30-45(44)50/h3,6-11,14-19,33-34,36-38,44H,2,4-5,12-13,20-32H2,1H3. The number of carbonyl (C=O) groups excluding carboxylic acids is 4. The second kappa shape index (κ2) is 16.6. The highest BCUT2D eigenvalue weighted by atomic mass is 16.1. The fourth-order valence-corrected chi connectivity index (χ4v) is 10.9. The number of hydrogen-bond donors (Lipinski definition) is 0. The van der Waals surface area contributed by atoms with Gasteiger partial charge >= 0.3 is 0 Å². The lowest BCUT2D eigenvalue weighted by Gasteiger charge is -2.39. The van der Waals surface area contributed by atoms with Gasteiger partial charge in [-0.1, -0.05) is 118 Å². The fraction of sp³-hybridized carbons (Fsp3) is 0.542. The Bertz CT molecular complexity index is 1720. The van der Waals surface area contributed by atoms with E-state index in [9.17, 15) is 19.2 Å². The molecule has 0 heterocycles. The van der Waals surface area contributed by atoms with Gasteiger partial charge in [-0.2, -0.15) is 0 Å². The van der Waals surface area contributed by atoms with Crippen molar-refractivity contribution in [1.82, 2.24) is 0 Å². The van der Waals surface area contributed by atoms with Crippen molar-refractivity contribution in [3.8, 4) is 11.1 Å². The van der Waals surface area contributed by atoms with Crippen LogP contribution in [0.1, 0.15) is 120 Å². The summed E-state index contributed by atoms with van der Waals surface area (Å²) >= 11 is 0. The Kier molecular flexibility index (Phi) is 11.7. The third-order valence-electron chi connectivity index (χ3n) is 13.8. The summed E-state index contributed by atoms with van der Waals surface area (Å²) in [6, 6.07) is 26.5. The van der Waals surface area contributed by atoms with Crippen LogP contribution in [0.3, 0.4) is 0 Å². The Morgan fingerprint density at radius 3 is 1.94 bits per heavy atom. The molecule has 3 aromatic rings. The predicted octanol–water partition coefficient (Wildman–Crippen LogP) is 10.6. The summed E-state index contributed by atoms with van der Waals surface area (Å²) in [7, 11) is 0. The number of benzene rings is 3. The first kappa shape index (κ1) is 36.7. The third-order valence-corrected chi connectivity index (χ3v) is 13.8. The Morgan fingerprint density at radius 2 is 1.21 bits per heavy atom. The Labute approximate surface area is 311 Å². The monoisotopic (exact) mass is 698 g/mol. The van der Waals surface area contributed by atoms with Gasteiger partial charge in [0.2, 0.25) is 0 Å². The van der Waals surface area contributed by atoms with E-state index in [4.69, 9.17) is 0 Å². The van der Waals surface area contributed by atoms with Crippen LogP contribution in [0.5, 0.6) is 0 Å². The first-order valence-corrected chi connectivity index (χ1v) is 20.6. The van der Waals surface area contributed by atoms with Crippen LogP contribution in [0.4, 0.5) is 0 Å². The van der Waals surface area contributed by atoms with Gasteiger partial charge in [0.15, 0.2) is 0 Å². The summed E-state index contributed by atoms with van der Waals surface area (Å²) in [5, 5.41) is 0. The molecule has 0 radical (unpaired) electrons. The molecule has 4 nitrogen and oxygen atoms in total. The maximum atomic E-state index is 14.7. The summed E-state index contributed by atoms with van der Waals surface area (Å²) in [5.41, 5.74) is 4.53. The van der Waals surface area contributed by atoms with Crippen LogP contribution in [0.2, 0.25) is 0 Å². The molecule has 3 fully saturated rings. The summed E-state index contributed by atoms with van der Waals surface area (Å²) < 4.78 is 0. The molecule has 52 heavy (non-hydrogen) atoms. The lowest BCUT2D eigenvalue weighted by Crippen LogP contribution is -2.41. The number of fused-ring (bicyclic) bond motifs is 1. The van der Waals surface area contributed by atoms with Crippen molar-refractivity contribution in [1.29, 1.82) is 0 Å². The Morgan fingerprint density at radius 1 is 0.615 bits per heavy atom. The SMILES string of the molecule is CC(CC(=O)Cc1ccccc1-c1ccccc1)(CC(=O)C1CCC(C2Cc3ccccc3CC2=O)CC1)C(=O)C1CCC(C2CCCCC2)CC1. The van der Waals surface area contributed by atoms with Crippen LogP contribution in [0.25, 0.3) is 11.1 Å². The molecule has 4 heteroatoms. The zero-order chi connectivity index (χ0) is 36.1. The van der Waals surface area contributed by atoms with E-state index >= 15 is 0 Å². The van der Waals surface area contributed by atoms with Gasteiger partial charge in [0, 0.05) is 48.9 Å². The minimum Gasteiger partial charge on any atom is -0.299 e. The minimum absolute atomic E-state index is 0.0303. The van der Waals surface area contributed by atoms with Crippen molar-refractivity contribution in [3.05, 3.63) is 95.6 Å². The molecule has 4 aliphatic carbocycles. The lowest BCUT2D eigenvalue weighted by molar-refractivity contribution is -0.142. The fourth-order valence-electron chi connectivity index (χ4n) is 10.9. The lowest BCUT2D eigenvalue weighted by atomic mass is 9.64. The van der Waals surface area contributed by atoms with Crippen molar-refractivity contribution in [2.75, 3.05) is 0 Å². The van der Waals surface area contributed by atoms with E-state index in [0.717, 1.165) is 86.0 Å². The first-order chi connectivity index (χ1) is 25.3. The van der Waals surface area contributed by atoms with Gasteiger partial charge < -0.3 is 0 Å². The van der Waals surface area contributed by atoms with E-state index < -0.39 is 5.41 Å². The molecule has 3 saturated carbocycles. The van der Waals surface area contributed by atoms with Gasteiger partial charge in [0.05, 0.1) is 0 Å². The number of Topliss-reactive ketones (excluding diaryl/α,β-unsaturated/α-hetero) is 4. The van der Waals surface area contributed by atoms with Gasteiger partial charge in [0.1, 0.15) is 23.1 Å². The highest BCUT2D eigenvalue weighted by Crippen LogP contribution is 2.45. The van der Waals surface area contributed by atoms with E-state index in [0.29, 0.717) is 24.0 Å². The molecule has 3 aromatic carbocycles. The number of ketones is 4. The van der Waals surface area contributed by atoms with E-state index in [1.807, 2.05) is 49.4 Å². The Balaban J connectivity index is 1.03. The molecule has 4 aliphatic rings. The second-order valence-electron chi connectivity index (χ2n) is 17.3. The van der Waals surface area contributed by atoms with Gasteiger partial charge in [-0.25, -0.2) is 0 Å². The van der Waals surface area contributed by atoms with Gasteiger partial charge in [-0.05, 0) is 103 Å². The van der Waals surface area contributed by atoms with Crippen molar-refractivity contribution < 1.29 is 19.2 Å². The van der Waals surface area contributed by atoms with Crippen LogP contribution >= 0.6 is 0 Å². The van der Waals surface area contributed by atoms with Crippen LogP contribution in [-0.4, -0.2) is 23.1 Å². The van der Waals surface area contributed by atoms with Crippen molar-refractivity contribution in [3.63, 3.8) is 0 Å². The first-order valence-electron chi connectivity index (χ1n) is 20.6. The molecule has 274 valence electrons. The van der Waals surface area contributed by atoms with Crippen LogP contribution < -0.4 is 0 Å². The zero-order valence-electron chi connectivity index (χ0n) is 31.3. The van der Waals surface area contributed by atoms with Crippen molar-refractivity contribution in [2.45, 2.75) is 122 Å². The topological polar surface area (TPSA) is 68.3 Å². The molecule has 0 saturated heterocycles. The normalized spacial score (nSPS) is 26.6. The molecule has 0 amide bonds. The highest BCUT2D eigenvalue weighted by molar-refractivity contribution is 5.97. The molecule has 0 N–H and O–H groups in total. The van der Waals surface area contributed by atoms with Gasteiger partial charge in [-0.3, -0.25) is 19.2 Å².